The van der Waals surface area contributed by atoms with E-state index in [0.29, 0.717) is 32.4 Å². The van der Waals surface area contributed by atoms with Gasteiger partial charge in [0.2, 0.25) is 6.41 Å². The molecular weight excluding hydrogens is 503 g/mol. The number of alkyl halides is 2. The van der Waals surface area contributed by atoms with E-state index in [-0.39, 0.29) is 41.9 Å². The number of ether oxygens (including phenoxy) is 1. The zero-order valence-corrected chi connectivity index (χ0v) is 25.2. The van der Waals surface area contributed by atoms with Gasteiger partial charge < -0.3 is 25.0 Å². The van der Waals surface area contributed by atoms with Gasteiger partial charge >= 0.3 is 7.12 Å². The van der Waals surface area contributed by atoms with E-state index in [1.807, 2.05) is 13.8 Å². The lowest BCUT2D eigenvalue weighted by atomic mass is 9.62. The minimum Gasteiger partial charge on any atom is -0.427 e. The number of halogens is 2. The second-order valence-electron chi connectivity index (χ2n) is 11.9. The van der Waals surface area contributed by atoms with Gasteiger partial charge in [-0.2, -0.15) is 0 Å². The van der Waals surface area contributed by atoms with E-state index in [4.69, 9.17) is 4.74 Å². The van der Waals surface area contributed by atoms with Crippen molar-refractivity contribution in [3.05, 3.63) is 0 Å². The second-order valence-corrected chi connectivity index (χ2v) is 11.9. The summed E-state index contributed by atoms with van der Waals surface area (Å²) >= 11 is 0. The molecule has 0 bridgehead atoms. The first-order chi connectivity index (χ1) is 18.8. The van der Waals surface area contributed by atoms with Crippen molar-refractivity contribution < 1.29 is 28.4 Å². The SMILES string of the molecule is CC.CCCN(CCC)C1CCC(N(C=O)CC(CNC2(CC3CCC(B(O)O)CC3F)CC2)OC)CC1F. The molecule has 0 spiro atoms. The molecule has 3 saturated carbocycles. The van der Waals surface area contributed by atoms with Gasteiger partial charge in [-0.3, -0.25) is 9.69 Å². The first kappa shape index (κ1) is 34.4. The zero-order valence-electron chi connectivity index (χ0n) is 25.2. The highest BCUT2D eigenvalue weighted by molar-refractivity contribution is 6.43. The lowest BCUT2D eigenvalue weighted by Gasteiger charge is -2.42. The number of amides is 1. The summed E-state index contributed by atoms with van der Waals surface area (Å²) in [5.41, 5.74) is -0.105. The van der Waals surface area contributed by atoms with Crippen molar-refractivity contribution in [2.75, 3.05) is 33.3 Å². The molecule has 39 heavy (non-hydrogen) atoms. The molecule has 1 amide bonds. The quantitative estimate of drug-likeness (QED) is 0.193. The molecule has 10 heteroatoms. The smallest absolute Gasteiger partial charge is 0.427 e. The first-order valence-corrected chi connectivity index (χ1v) is 15.6. The van der Waals surface area contributed by atoms with Crippen molar-refractivity contribution >= 4 is 13.5 Å². The van der Waals surface area contributed by atoms with E-state index in [1.54, 1.807) is 12.0 Å². The summed E-state index contributed by atoms with van der Waals surface area (Å²) in [7, 11) is 0.195. The standard InChI is InChI=1S/C27H50BF2N3O4.C2H6/c1-4-12-32(13-5-2)26-9-8-22(15-25(26)30)33(19-34)18-23(37-3)17-31-27(10-11-27)16-20-6-7-21(28(35)36)14-24(20)29;1-2/h19-26,31,35-36H,4-18H2,1-3H3;1-2H3. The van der Waals surface area contributed by atoms with Crippen LogP contribution in [-0.4, -0.2) is 103 Å². The van der Waals surface area contributed by atoms with E-state index < -0.39 is 19.5 Å². The summed E-state index contributed by atoms with van der Waals surface area (Å²) in [5.74, 6) is -0.448. The fourth-order valence-electron chi connectivity index (χ4n) is 6.69. The third-order valence-electron chi connectivity index (χ3n) is 9.13. The summed E-state index contributed by atoms with van der Waals surface area (Å²) in [5, 5.41) is 22.4. The van der Waals surface area contributed by atoms with Crippen LogP contribution in [0.15, 0.2) is 0 Å². The van der Waals surface area contributed by atoms with Gasteiger partial charge in [-0.05, 0) is 82.6 Å². The molecule has 0 saturated heterocycles. The van der Waals surface area contributed by atoms with Gasteiger partial charge in [-0.25, -0.2) is 8.78 Å². The zero-order chi connectivity index (χ0) is 29.0. The molecular formula is C29H56BF2N3O4. The van der Waals surface area contributed by atoms with Crippen LogP contribution in [0.5, 0.6) is 0 Å². The Morgan fingerprint density at radius 3 is 2.21 bits per heavy atom. The Labute approximate surface area is 236 Å². The van der Waals surface area contributed by atoms with Crippen LogP contribution >= 0.6 is 0 Å². The fourth-order valence-corrected chi connectivity index (χ4v) is 6.69. The molecule has 0 radical (unpaired) electrons. The largest absolute Gasteiger partial charge is 0.454 e. The number of hydrogen-bond acceptors (Lipinski definition) is 6. The van der Waals surface area contributed by atoms with Crippen LogP contribution in [0.2, 0.25) is 5.82 Å². The molecule has 3 aliphatic rings. The lowest BCUT2D eigenvalue weighted by molar-refractivity contribution is -0.123. The average Bonchev–Trinajstić information content (AvgIpc) is 3.70. The average molecular weight is 560 g/mol. The van der Waals surface area contributed by atoms with Crippen molar-refractivity contribution in [1.29, 1.82) is 0 Å². The van der Waals surface area contributed by atoms with Gasteiger partial charge in [0.15, 0.2) is 0 Å². The number of nitrogens with zero attached hydrogens (tertiary/aromatic N) is 2. The van der Waals surface area contributed by atoms with Crippen molar-refractivity contribution in [3.8, 4) is 0 Å². The summed E-state index contributed by atoms with van der Waals surface area (Å²) in [6.07, 6.45) is 6.81. The molecule has 228 valence electrons. The fraction of sp³-hybridized carbons (Fsp3) is 0.966. The molecule has 0 aromatic heterocycles. The number of rotatable bonds is 16. The number of nitrogens with one attached hydrogen (secondary N) is 1. The second kappa shape index (κ2) is 17.2. The number of carbonyl (C=O) groups is 1. The molecule has 0 aliphatic heterocycles. The van der Waals surface area contributed by atoms with Crippen molar-refractivity contribution in [1.82, 2.24) is 15.1 Å². The molecule has 3 rings (SSSR count). The van der Waals surface area contributed by atoms with E-state index in [9.17, 15) is 19.2 Å². The van der Waals surface area contributed by atoms with E-state index in [2.05, 4.69) is 24.1 Å². The molecule has 0 aromatic carbocycles. The first-order valence-electron chi connectivity index (χ1n) is 15.6. The highest BCUT2D eigenvalue weighted by Crippen LogP contribution is 2.47. The van der Waals surface area contributed by atoms with Gasteiger partial charge in [-0.1, -0.05) is 34.1 Å². The van der Waals surface area contributed by atoms with Crippen LogP contribution in [0.3, 0.4) is 0 Å². The van der Waals surface area contributed by atoms with Gasteiger partial charge in [0, 0.05) is 44.2 Å². The Morgan fingerprint density at radius 1 is 1.05 bits per heavy atom. The van der Waals surface area contributed by atoms with E-state index in [1.165, 1.54) is 0 Å². The van der Waals surface area contributed by atoms with Gasteiger partial charge in [0.05, 0.1) is 6.10 Å². The molecule has 0 heterocycles. The molecule has 7 atom stereocenters. The van der Waals surface area contributed by atoms with Crippen LogP contribution in [0.4, 0.5) is 8.78 Å². The van der Waals surface area contributed by atoms with Crippen LogP contribution in [0, 0.1) is 5.92 Å². The normalized spacial score (nSPS) is 30.7. The Morgan fingerprint density at radius 2 is 1.72 bits per heavy atom. The Balaban J connectivity index is 0.00000260. The molecule has 3 aliphatic carbocycles. The van der Waals surface area contributed by atoms with Gasteiger partial charge in [0.25, 0.3) is 0 Å². The Bertz CT molecular complexity index is 685. The van der Waals surface area contributed by atoms with Crippen molar-refractivity contribution in [3.63, 3.8) is 0 Å². The number of methoxy groups -OCH3 is 1. The third kappa shape index (κ3) is 10.2. The number of carbonyl (C=O) groups excluding carboxylic acids is 1. The third-order valence-corrected chi connectivity index (χ3v) is 9.13. The van der Waals surface area contributed by atoms with E-state index in [0.717, 1.165) is 64.4 Å². The molecule has 7 nitrogen and oxygen atoms in total. The van der Waals surface area contributed by atoms with E-state index >= 15 is 4.39 Å². The van der Waals surface area contributed by atoms with Crippen molar-refractivity contribution in [2.45, 2.75) is 140 Å². The van der Waals surface area contributed by atoms with Crippen molar-refractivity contribution in [2.24, 2.45) is 5.92 Å². The van der Waals surface area contributed by atoms with Gasteiger partial charge in [-0.15, -0.1) is 0 Å². The Kier molecular flexibility index (Phi) is 15.2. The summed E-state index contributed by atoms with van der Waals surface area (Å²) in [6, 6.07) is -0.181. The van der Waals surface area contributed by atoms with Crippen LogP contribution in [-0.2, 0) is 9.53 Å². The monoisotopic (exact) mass is 559 g/mol. The highest BCUT2D eigenvalue weighted by Gasteiger charge is 2.47. The maximum absolute atomic E-state index is 15.3. The minimum absolute atomic E-state index is 0.0608. The van der Waals surface area contributed by atoms with Crippen LogP contribution in [0.1, 0.15) is 98.3 Å². The number of hydrogen-bond donors (Lipinski definition) is 3. The molecule has 7 unspecified atom stereocenters. The highest BCUT2D eigenvalue weighted by atomic mass is 19.1. The summed E-state index contributed by atoms with van der Waals surface area (Å²) in [6.45, 7) is 11.0. The molecule has 3 fully saturated rings. The molecule has 3 N–H and O–H groups in total. The van der Waals surface area contributed by atoms with Crippen LogP contribution in [0.25, 0.3) is 0 Å². The topological polar surface area (TPSA) is 85.3 Å². The predicted molar refractivity (Wildman–Crippen MR) is 154 cm³/mol. The lowest BCUT2D eigenvalue weighted by Crippen LogP contribution is -2.52. The van der Waals surface area contributed by atoms with Gasteiger partial charge in [0.1, 0.15) is 12.3 Å². The predicted octanol–water partition coefficient (Wildman–Crippen LogP) is 4.36. The van der Waals surface area contributed by atoms with Crippen LogP contribution < -0.4 is 5.32 Å². The Hall–Kier alpha value is -0.805. The minimum atomic E-state index is -1.44. The summed E-state index contributed by atoms with van der Waals surface area (Å²) < 4.78 is 35.7. The summed E-state index contributed by atoms with van der Waals surface area (Å²) in [4.78, 5) is 16.0. The maximum Gasteiger partial charge on any atom is 0.454 e. The maximum atomic E-state index is 15.3. The molecule has 0 aromatic rings.